The molecule has 0 fully saturated rings. The normalized spacial score (nSPS) is 15.6. The third-order valence-electron chi connectivity index (χ3n) is 4.58. The number of thioether (sulfide) groups is 2. The lowest BCUT2D eigenvalue weighted by Gasteiger charge is -2.17. The summed E-state index contributed by atoms with van der Waals surface area (Å²) >= 11 is 3.42. The Bertz CT molecular complexity index is 621. The monoisotopic (exact) mass is 380 g/mol. The number of carbonyl (C=O) groups is 2. The summed E-state index contributed by atoms with van der Waals surface area (Å²) in [5, 5.41) is 3.68. The maximum atomic E-state index is 12.4. The van der Waals surface area contributed by atoms with Gasteiger partial charge in [-0.05, 0) is 29.2 Å². The van der Waals surface area contributed by atoms with Crippen LogP contribution in [0.2, 0.25) is 0 Å². The van der Waals surface area contributed by atoms with Gasteiger partial charge in [0.25, 0.3) is 0 Å². The molecule has 2 amide bonds. The Morgan fingerprint density at radius 1 is 1.08 bits per heavy atom. The SMILES string of the molecule is CS[C@@H](C)CC(=O)NCc1ccc2c(c1)CN(C(=O)C[C@H](C)SC)C2. The van der Waals surface area contributed by atoms with Crippen molar-refractivity contribution >= 4 is 35.3 Å². The first-order chi connectivity index (χ1) is 11.9. The molecule has 1 aliphatic heterocycles. The first-order valence-electron chi connectivity index (χ1n) is 8.63. The Hall–Kier alpha value is -1.14. The molecule has 2 rings (SSSR count). The molecule has 0 saturated heterocycles. The fraction of sp³-hybridized carbons (Fsp3) is 0.579. The molecule has 4 nitrogen and oxygen atoms in total. The van der Waals surface area contributed by atoms with E-state index in [1.165, 1.54) is 11.1 Å². The molecule has 0 saturated carbocycles. The number of nitrogens with zero attached hydrogens (tertiary/aromatic N) is 1. The van der Waals surface area contributed by atoms with E-state index in [2.05, 4.69) is 37.4 Å². The zero-order valence-electron chi connectivity index (χ0n) is 15.5. The Kier molecular flexibility index (Phi) is 7.69. The van der Waals surface area contributed by atoms with Crippen molar-refractivity contribution in [3.05, 3.63) is 34.9 Å². The van der Waals surface area contributed by atoms with E-state index >= 15 is 0 Å². The highest BCUT2D eigenvalue weighted by atomic mass is 32.2. The molecule has 138 valence electrons. The highest BCUT2D eigenvalue weighted by molar-refractivity contribution is 7.99. The van der Waals surface area contributed by atoms with Crippen LogP contribution in [-0.2, 0) is 29.2 Å². The predicted molar refractivity (Wildman–Crippen MR) is 108 cm³/mol. The zero-order chi connectivity index (χ0) is 18.4. The Balaban J connectivity index is 1.89. The van der Waals surface area contributed by atoms with Crippen molar-refractivity contribution in [3.63, 3.8) is 0 Å². The van der Waals surface area contributed by atoms with Gasteiger partial charge < -0.3 is 10.2 Å². The summed E-state index contributed by atoms with van der Waals surface area (Å²) in [6, 6.07) is 6.27. The maximum absolute atomic E-state index is 12.4. The van der Waals surface area contributed by atoms with Crippen LogP contribution in [0.25, 0.3) is 0 Å². The number of fused-ring (bicyclic) bond motifs is 1. The van der Waals surface area contributed by atoms with Gasteiger partial charge in [0.1, 0.15) is 0 Å². The van der Waals surface area contributed by atoms with Crippen LogP contribution in [0, 0.1) is 0 Å². The molecular formula is C19H28N2O2S2. The van der Waals surface area contributed by atoms with Crippen LogP contribution in [0.5, 0.6) is 0 Å². The fourth-order valence-electron chi connectivity index (χ4n) is 2.81. The summed E-state index contributed by atoms with van der Waals surface area (Å²) < 4.78 is 0. The van der Waals surface area contributed by atoms with Gasteiger partial charge in [-0.3, -0.25) is 9.59 Å². The number of hydrogen-bond acceptors (Lipinski definition) is 4. The maximum Gasteiger partial charge on any atom is 0.224 e. The average Bonchev–Trinajstić information content (AvgIpc) is 3.03. The van der Waals surface area contributed by atoms with Gasteiger partial charge in [0.2, 0.25) is 11.8 Å². The Labute approximate surface area is 159 Å². The second-order valence-electron chi connectivity index (χ2n) is 6.63. The zero-order valence-corrected chi connectivity index (χ0v) is 17.1. The van der Waals surface area contributed by atoms with Gasteiger partial charge in [-0.25, -0.2) is 0 Å². The van der Waals surface area contributed by atoms with E-state index in [1.54, 1.807) is 23.5 Å². The van der Waals surface area contributed by atoms with Crippen LogP contribution in [0.3, 0.4) is 0 Å². The summed E-state index contributed by atoms with van der Waals surface area (Å²) in [6.07, 6.45) is 5.19. The number of rotatable bonds is 8. The van der Waals surface area contributed by atoms with Crippen LogP contribution in [0.4, 0.5) is 0 Å². The van der Waals surface area contributed by atoms with Crippen molar-refractivity contribution in [1.29, 1.82) is 0 Å². The third-order valence-corrected chi connectivity index (χ3v) is 6.52. The van der Waals surface area contributed by atoms with Crippen LogP contribution in [-0.4, -0.2) is 39.7 Å². The van der Waals surface area contributed by atoms with E-state index in [9.17, 15) is 9.59 Å². The highest BCUT2D eigenvalue weighted by Gasteiger charge is 2.24. The van der Waals surface area contributed by atoms with Gasteiger partial charge in [0.05, 0.1) is 0 Å². The summed E-state index contributed by atoms with van der Waals surface area (Å²) in [4.78, 5) is 26.2. The van der Waals surface area contributed by atoms with E-state index in [-0.39, 0.29) is 11.8 Å². The van der Waals surface area contributed by atoms with Gasteiger partial charge in [-0.2, -0.15) is 23.5 Å². The third kappa shape index (κ3) is 5.96. The number of nitrogens with one attached hydrogen (secondary N) is 1. The number of carbonyl (C=O) groups excluding carboxylic acids is 2. The van der Waals surface area contributed by atoms with E-state index in [0.29, 0.717) is 43.0 Å². The molecule has 1 aliphatic rings. The van der Waals surface area contributed by atoms with Crippen molar-refractivity contribution in [3.8, 4) is 0 Å². The van der Waals surface area contributed by atoms with Crippen LogP contribution >= 0.6 is 23.5 Å². The minimum absolute atomic E-state index is 0.0882. The second-order valence-corrected chi connectivity index (χ2v) is 9.18. The summed E-state index contributed by atoms with van der Waals surface area (Å²) in [7, 11) is 0. The van der Waals surface area contributed by atoms with E-state index in [0.717, 1.165) is 5.56 Å². The standard InChI is InChI=1S/C19H28N2O2S2/c1-13(24-3)7-18(22)20-10-15-5-6-16-11-21(12-17(16)9-15)19(23)8-14(2)25-4/h5-6,9,13-14H,7-8,10-12H2,1-4H3,(H,20,22)/t13-,14-/m0/s1. The molecular weight excluding hydrogens is 352 g/mol. The molecule has 25 heavy (non-hydrogen) atoms. The molecule has 1 aromatic carbocycles. The molecule has 0 aromatic heterocycles. The molecule has 0 unspecified atom stereocenters. The van der Waals surface area contributed by atoms with E-state index in [1.807, 2.05) is 17.4 Å². The predicted octanol–water partition coefficient (Wildman–Crippen LogP) is 3.43. The molecule has 0 bridgehead atoms. The first-order valence-corrected chi connectivity index (χ1v) is 11.2. The molecule has 1 heterocycles. The minimum Gasteiger partial charge on any atom is -0.352 e. The largest absolute Gasteiger partial charge is 0.352 e. The van der Waals surface area contributed by atoms with Gasteiger partial charge in [-0.1, -0.05) is 32.0 Å². The summed E-state index contributed by atoms with van der Waals surface area (Å²) in [6.45, 7) is 6.08. The van der Waals surface area contributed by atoms with Crippen LogP contribution in [0.15, 0.2) is 18.2 Å². The van der Waals surface area contributed by atoms with Crippen molar-refractivity contribution in [2.45, 2.75) is 56.8 Å². The molecule has 0 spiro atoms. The van der Waals surface area contributed by atoms with Gasteiger partial charge in [0.15, 0.2) is 0 Å². The molecule has 0 radical (unpaired) electrons. The summed E-state index contributed by atoms with van der Waals surface area (Å²) in [5.41, 5.74) is 3.52. The van der Waals surface area contributed by atoms with Gasteiger partial charge in [0, 0.05) is 43.0 Å². The first kappa shape index (κ1) is 20.2. The molecule has 6 heteroatoms. The van der Waals surface area contributed by atoms with Crippen molar-refractivity contribution in [2.24, 2.45) is 0 Å². The quantitative estimate of drug-likeness (QED) is 0.751. The molecule has 0 aliphatic carbocycles. The fourth-order valence-corrected chi connectivity index (χ4v) is 3.44. The number of amides is 2. The van der Waals surface area contributed by atoms with Crippen LogP contribution < -0.4 is 5.32 Å². The Morgan fingerprint density at radius 2 is 1.72 bits per heavy atom. The van der Waals surface area contributed by atoms with Gasteiger partial charge in [-0.15, -0.1) is 0 Å². The van der Waals surface area contributed by atoms with Crippen molar-refractivity contribution in [1.82, 2.24) is 10.2 Å². The minimum atomic E-state index is 0.0882. The smallest absolute Gasteiger partial charge is 0.224 e. The molecule has 1 N–H and O–H groups in total. The van der Waals surface area contributed by atoms with E-state index < -0.39 is 0 Å². The Morgan fingerprint density at radius 3 is 2.40 bits per heavy atom. The number of benzene rings is 1. The lowest BCUT2D eigenvalue weighted by atomic mass is 10.1. The second kappa shape index (κ2) is 9.53. The molecule has 2 atom stereocenters. The van der Waals surface area contributed by atoms with E-state index in [4.69, 9.17) is 0 Å². The van der Waals surface area contributed by atoms with Gasteiger partial charge >= 0.3 is 0 Å². The van der Waals surface area contributed by atoms with Crippen molar-refractivity contribution < 1.29 is 9.59 Å². The highest BCUT2D eigenvalue weighted by Crippen LogP contribution is 2.25. The average molecular weight is 381 g/mol. The number of hydrogen-bond donors (Lipinski definition) is 1. The lowest BCUT2D eigenvalue weighted by molar-refractivity contribution is -0.131. The van der Waals surface area contributed by atoms with Crippen LogP contribution in [0.1, 0.15) is 43.4 Å². The topological polar surface area (TPSA) is 49.4 Å². The molecule has 1 aromatic rings. The summed E-state index contributed by atoms with van der Waals surface area (Å²) in [5.74, 6) is 0.309. The lowest BCUT2D eigenvalue weighted by Crippen LogP contribution is -2.27. The van der Waals surface area contributed by atoms with Crippen molar-refractivity contribution in [2.75, 3.05) is 12.5 Å².